The molecule has 0 aromatic heterocycles. The number of fused-ring (bicyclic) bond motifs is 1. The van der Waals surface area contributed by atoms with Crippen LogP contribution in [-0.2, 0) is 9.59 Å². The minimum atomic E-state index is -0.322. The Kier molecular flexibility index (Phi) is 3.71. The van der Waals surface area contributed by atoms with Crippen LogP contribution in [0.2, 0.25) is 0 Å². The standard InChI is InChI=1S/C15H25N3O2/c1-3-10(2)14-15(20)18(9-13(19)16-14)12-6-8-17-7-4-5-11(12)17/h10-12,14H,3-9H2,1-2H3,(H,16,19). The van der Waals surface area contributed by atoms with Gasteiger partial charge in [-0.1, -0.05) is 20.3 Å². The van der Waals surface area contributed by atoms with Gasteiger partial charge in [-0.25, -0.2) is 0 Å². The van der Waals surface area contributed by atoms with Crippen molar-refractivity contribution in [1.29, 1.82) is 0 Å². The molecular formula is C15H25N3O2. The third-order valence-corrected chi connectivity index (χ3v) is 5.36. The minimum absolute atomic E-state index is 0.00588. The van der Waals surface area contributed by atoms with E-state index in [4.69, 9.17) is 0 Å². The number of piperazine rings is 1. The Balaban J connectivity index is 1.78. The van der Waals surface area contributed by atoms with Crippen LogP contribution in [0.4, 0.5) is 0 Å². The van der Waals surface area contributed by atoms with Crippen molar-refractivity contribution in [3.63, 3.8) is 0 Å². The van der Waals surface area contributed by atoms with Gasteiger partial charge in [-0.3, -0.25) is 14.5 Å². The second-order valence-corrected chi connectivity index (χ2v) is 6.50. The first-order chi connectivity index (χ1) is 9.61. The van der Waals surface area contributed by atoms with Gasteiger partial charge in [0.2, 0.25) is 11.8 Å². The molecule has 0 aromatic rings. The van der Waals surface area contributed by atoms with Gasteiger partial charge in [0.05, 0.1) is 6.54 Å². The van der Waals surface area contributed by atoms with Crippen LogP contribution in [0.25, 0.3) is 0 Å². The topological polar surface area (TPSA) is 52.7 Å². The normalized spacial score (nSPS) is 36.1. The van der Waals surface area contributed by atoms with Gasteiger partial charge >= 0.3 is 0 Å². The molecule has 0 radical (unpaired) electrons. The fourth-order valence-corrected chi connectivity index (χ4v) is 4.01. The summed E-state index contributed by atoms with van der Waals surface area (Å²) >= 11 is 0. The molecule has 1 N–H and O–H groups in total. The fraction of sp³-hybridized carbons (Fsp3) is 0.867. The molecule has 3 saturated heterocycles. The Labute approximate surface area is 120 Å². The van der Waals surface area contributed by atoms with E-state index in [1.165, 1.54) is 12.8 Å². The van der Waals surface area contributed by atoms with Crippen molar-refractivity contribution >= 4 is 11.8 Å². The molecule has 3 aliphatic rings. The van der Waals surface area contributed by atoms with Gasteiger partial charge in [-0.05, 0) is 31.7 Å². The first kappa shape index (κ1) is 13.9. The Bertz CT molecular complexity index is 412. The molecule has 5 nitrogen and oxygen atoms in total. The first-order valence-corrected chi connectivity index (χ1v) is 7.95. The summed E-state index contributed by atoms with van der Waals surface area (Å²) < 4.78 is 0. The average Bonchev–Trinajstić information content (AvgIpc) is 3.03. The van der Waals surface area contributed by atoms with Crippen molar-refractivity contribution in [1.82, 2.24) is 15.1 Å². The summed E-state index contributed by atoms with van der Waals surface area (Å²) in [7, 11) is 0. The molecule has 3 fully saturated rings. The minimum Gasteiger partial charge on any atom is -0.342 e. The van der Waals surface area contributed by atoms with Crippen LogP contribution in [0.1, 0.15) is 39.5 Å². The van der Waals surface area contributed by atoms with Gasteiger partial charge in [-0.2, -0.15) is 0 Å². The average molecular weight is 279 g/mol. The predicted molar refractivity (Wildman–Crippen MR) is 76.1 cm³/mol. The molecule has 0 bridgehead atoms. The van der Waals surface area contributed by atoms with Crippen LogP contribution in [0, 0.1) is 5.92 Å². The molecule has 2 amide bonds. The summed E-state index contributed by atoms with van der Waals surface area (Å²) in [6, 6.07) is 0.418. The zero-order chi connectivity index (χ0) is 14.3. The van der Waals surface area contributed by atoms with Crippen LogP contribution in [0.5, 0.6) is 0 Å². The molecule has 0 aliphatic carbocycles. The first-order valence-electron chi connectivity index (χ1n) is 7.95. The highest BCUT2D eigenvalue weighted by Gasteiger charge is 2.46. The molecule has 112 valence electrons. The summed E-state index contributed by atoms with van der Waals surface area (Å²) in [4.78, 5) is 29.1. The summed E-state index contributed by atoms with van der Waals surface area (Å²) in [5.74, 6) is 0.347. The van der Waals surface area contributed by atoms with E-state index in [2.05, 4.69) is 17.1 Å². The quantitative estimate of drug-likeness (QED) is 0.823. The zero-order valence-electron chi connectivity index (χ0n) is 12.5. The van der Waals surface area contributed by atoms with Crippen molar-refractivity contribution in [3.8, 4) is 0 Å². The van der Waals surface area contributed by atoms with Crippen molar-refractivity contribution in [2.24, 2.45) is 5.92 Å². The van der Waals surface area contributed by atoms with Gasteiger partial charge in [0, 0.05) is 18.6 Å². The molecule has 3 rings (SSSR count). The lowest BCUT2D eigenvalue weighted by molar-refractivity contribution is -0.148. The van der Waals surface area contributed by atoms with Crippen LogP contribution >= 0.6 is 0 Å². The van der Waals surface area contributed by atoms with Gasteiger partial charge in [0.25, 0.3) is 0 Å². The Morgan fingerprint density at radius 3 is 2.80 bits per heavy atom. The highest BCUT2D eigenvalue weighted by Crippen LogP contribution is 2.32. The van der Waals surface area contributed by atoms with Gasteiger partial charge in [-0.15, -0.1) is 0 Å². The van der Waals surface area contributed by atoms with Crippen LogP contribution in [0.15, 0.2) is 0 Å². The van der Waals surface area contributed by atoms with Gasteiger partial charge in [0.15, 0.2) is 0 Å². The van der Waals surface area contributed by atoms with Gasteiger partial charge < -0.3 is 10.2 Å². The van der Waals surface area contributed by atoms with E-state index >= 15 is 0 Å². The summed E-state index contributed by atoms with van der Waals surface area (Å²) in [5.41, 5.74) is 0. The lowest BCUT2D eigenvalue weighted by Gasteiger charge is -2.40. The number of carbonyl (C=O) groups excluding carboxylic acids is 2. The fourth-order valence-electron chi connectivity index (χ4n) is 4.01. The van der Waals surface area contributed by atoms with Crippen molar-refractivity contribution in [2.75, 3.05) is 19.6 Å². The van der Waals surface area contributed by atoms with E-state index in [0.29, 0.717) is 6.04 Å². The summed E-state index contributed by atoms with van der Waals surface area (Å²) in [6.07, 6.45) is 4.33. The lowest BCUT2D eigenvalue weighted by Crippen LogP contribution is -2.63. The number of hydrogen-bond acceptors (Lipinski definition) is 3. The second kappa shape index (κ2) is 5.35. The molecule has 4 atom stereocenters. The van der Waals surface area contributed by atoms with E-state index in [0.717, 1.165) is 25.9 Å². The maximum atomic E-state index is 12.7. The Morgan fingerprint density at radius 1 is 1.25 bits per heavy atom. The SMILES string of the molecule is CCC(C)C1NC(=O)CN(C2CCN3CCCC23)C1=O. The molecule has 5 heteroatoms. The monoisotopic (exact) mass is 279 g/mol. The van der Waals surface area contributed by atoms with Crippen LogP contribution in [-0.4, -0.2) is 59.4 Å². The van der Waals surface area contributed by atoms with Gasteiger partial charge in [0.1, 0.15) is 6.04 Å². The summed E-state index contributed by atoms with van der Waals surface area (Å²) in [5, 5.41) is 2.89. The van der Waals surface area contributed by atoms with E-state index in [-0.39, 0.29) is 36.4 Å². The third-order valence-electron chi connectivity index (χ3n) is 5.36. The molecular weight excluding hydrogens is 254 g/mol. The molecule has 0 aromatic carbocycles. The number of nitrogens with zero attached hydrogens (tertiary/aromatic N) is 2. The van der Waals surface area contributed by atoms with Crippen LogP contribution < -0.4 is 5.32 Å². The van der Waals surface area contributed by atoms with Crippen molar-refractivity contribution in [2.45, 2.75) is 57.7 Å². The maximum absolute atomic E-state index is 12.7. The largest absolute Gasteiger partial charge is 0.342 e. The third kappa shape index (κ3) is 2.22. The maximum Gasteiger partial charge on any atom is 0.246 e. The molecule has 3 aliphatic heterocycles. The smallest absolute Gasteiger partial charge is 0.246 e. The molecule has 20 heavy (non-hydrogen) atoms. The Morgan fingerprint density at radius 2 is 2.05 bits per heavy atom. The molecule has 0 saturated carbocycles. The highest BCUT2D eigenvalue weighted by molar-refractivity contribution is 5.95. The molecule has 3 heterocycles. The number of rotatable bonds is 3. The Hall–Kier alpha value is -1.10. The second-order valence-electron chi connectivity index (χ2n) is 6.50. The number of hydrogen-bond donors (Lipinski definition) is 1. The number of nitrogens with one attached hydrogen (secondary N) is 1. The molecule has 4 unspecified atom stereocenters. The lowest BCUT2D eigenvalue weighted by atomic mass is 9.94. The number of amides is 2. The zero-order valence-corrected chi connectivity index (χ0v) is 12.5. The van der Waals surface area contributed by atoms with E-state index in [1.54, 1.807) is 0 Å². The summed E-state index contributed by atoms with van der Waals surface area (Å²) in [6.45, 7) is 6.60. The van der Waals surface area contributed by atoms with Crippen molar-refractivity contribution < 1.29 is 9.59 Å². The predicted octanol–water partition coefficient (Wildman–Crippen LogP) is 0.596. The van der Waals surface area contributed by atoms with Crippen molar-refractivity contribution in [3.05, 3.63) is 0 Å². The highest BCUT2D eigenvalue weighted by atomic mass is 16.2. The molecule has 0 spiro atoms. The van der Waals surface area contributed by atoms with E-state index in [9.17, 15) is 9.59 Å². The van der Waals surface area contributed by atoms with E-state index in [1.807, 2.05) is 11.8 Å². The van der Waals surface area contributed by atoms with Crippen LogP contribution in [0.3, 0.4) is 0 Å². The number of carbonyl (C=O) groups is 2. The van der Waals surface area contributed by atoms with E-state index < -0.39 is 0 Å².